The molecule has 0 saturated heterocycles. The summed E-state index contributed by atoms with van der Waals surface area (Å²) >= 11 is 3.60. The van der Waals surface area contributed by atoms with Gasteiger partial charge in [-0.2, -0.15) is 0 Å². The molecule has 0 saturated carbocycles. The van der Waals surface area contributed by atoms with Crippen molar-refractivity contribution in [2.24, 2.45) is 0 Å². The standard InChI is InChI=1S/C17H19BrFN/c1-3-10-20-17(14-6-4-5-7-16(14)19)13-9-8-12(2)11-15(13)18/h4-9,11,17,20H,3,10H2,1-2H3. The van der Waals surface area contributed by atoms with Crippen LogP contribution in [0.15, 0.2) is 46.9 Å². The van der Waals surface area contributed by atoms with Crippen LogP contribution >= 0.6 is 15.9 Å². The molecule has 2 aromatic carbocycles. The summed E-state index contributed by atoms with van der Waals surface area (Å²) < 4.78 is 15.1. The van der Waals surface area contributed by atoms with Crippen molar-refractivity contribution in [2.45, 2.75) is 26.3 Å². The number of nitrogens with one attached hydrogen (secondary N) is 1. The molecule has 0 aliphatic rings. The molecular formula is C17H19BrFN. The van der Waals surface area contributed by atoms with Crippen LogP contribution in [0.25, 0.3) is 0 Å². The fraction of sp³-hybridized carbons (Fsp3) is 0.294. The summed E-state index contributed by atoms with van der Waals surface area (Å²) in [5.41, 5.74) is 2.93. The van der Waals surface area contributed by atoms with Gasteiger partial charge >= 0.3 is 0 Å². The Morgan fingerprint density at radius 3 is 2.55 bits per heavy atom. The maximum atomic E-state index is 14.1. The fourth-order valence-electron chi connectivity index (χ4n) is 2.25. The normalized spacial score (nSPS) is 12.4. The van der Waals surface area contributed by atoms with Gasteiger partial charge in [-0.15, -0.1) is 0 Å². The first-order chi connectivity index (χ1) is 9.63. The monoisotopic (exact) mass is 335 g/mol. The minimum absolute atomic E-state index is 0.133. The Balaban J connectivity index is 2.44. The third kappa shape index (κ3) is 3.47. The number of hydrogen-bond acceptors (Lipinski definition) is 1. The second-order valence-electron chi connectivity index (χ2n) is 4.93. The van der Waals surface area contributed by atoms with Gasteiger partial charge in [0.2, 0.25) is 0 Å². The molecule has 1 atom stereocenters. The molecule has 0 fully saturated rings. The maximum Gasteiger partial charge on any atom is 0.128 e. The fourth-order valence-corrected chi connectivity index (χ4v) is 2.97. The molecule has 0 aliphatic heterocycles. The summed E-state index contributed by atoms with van der Waals surface area (Å²) in [5.74, 6) is -0.173. The largest absolute Gasteiger partial charge is 0.306 e. The highest BCUT2D eigenvalue weighted by atomic mass is 79.9. The van der Waals surface area contributed by atoms with Gasteiger partial charge in [-0.05, 0) is 43.1 Å². The van der Waals surface area contributed by atoms with Gasteiger partial charge in [0.25, 0.3) is 0 Å². The lowest BCUT2D eigenvalue weighted by Crippen LogP contribution is -2.24. The molecule has 20 heavy (non-hydrogen) atoms. The van der Waals surface area contributed by atoms with Crippen LogP contribution in [0.1, 0.15) is 36.1 Å². The van der Waals surface area contributed by atoms with Gasteiger partial charge in [0.15, 0.2) is 0 Å². The van der Waals surface area contributed by atoms with E-state index in [-0.39, 0.29) is 11.9 Å². The van der Waals surface area contributed by atoms with Gasteiger partial charge in [-0.1, -0.05) is 53.2 Å². The molecule has 0 bridgehead atoms. The summed E-state index contributed by atoms with van der Waals surface area (Å²) in [6, 6.07) is 13.0. The number of aryl methyl sites for hydroxylation is 1. The van der Waals surface area contributed by atoms with E-state index in [0.29, 0.717) is 5.56 Å². The van der Waals surface area contributed by atoms with Gasteiger partial charge < -0.3 is 5.32 Å². The molecule has 0 amide bonds. The van der Waals surface area contributed by atoms with Gasteiger partial charge in [-0.25, -0.2) is 4.39 Å². The maximum absolute atomic E-state index is 14.1. The second-order valence-corrected chi connectivity index (χ2v) is 5.79. The Bertz CT molecular complexity index is 583. The smallest absolute Gasteiger partial charge is 0.128 e. The Morgan fingerprint density at radius 1 is 1.15 bits per heavy atom. The Labute approximate surface area is 128 Å². The quantitative estimate of drug-likeness (QED) is 0.811. The van der Waals surface area contributed by atoms with Crippen LogP contribution in [0.3, 0.4) is 0 Å². The molecule has 0 spiro atoms. The molecule has 0 radical (unpaired) electrons. The van der Waals surface area contributed by atoms with E-state index in [1.807, 2.05) is 19.1 Å². The Kier molecular flexibility index (Phi) is 5.32. The zero-order chi connectivity index (χ0) is 14.5. The average molecular weight is 336 g/mol. The second kappa shape index (κ2) is 7.00. The molecule has 0 aliphatic carbocycles. The van der Waals surface area contributed by atoms with Crippen molar-refractivity contribution < 1.29 is 4.39 Å². The first-order valence-corrected chi connectivity index (χ1v) is 7.66. The van der Waals surface area contributed by atoms with Crippen molar-refractivity contribution in [1.82, 2.24) is 5.32 Å². The van der Waals surface area contributed by atoms with E-state index in [9.17, 15) is 4.39 Å². The van der Waals surface area contributed by atoms with E-state index in [1.165, 1.54) is 11.6 Å². The predicted octanol–water partition coefficient (Wildman–Crippen LogP) is 4.99. The SMILES string of the molecule is CCCNC(c1ccccc1F)c1ccc(C)cc1Br. The summed E-state index contributed by atoms with van der Waals surface area (Å²) in [7, 11) is 0. The molecule has 106 valence electrons. The van der Waals surface area contributed by atoms with Gasteiger partial charge in [-0.3, -0.25) is 0 Å². The van der Waals surface area contributed by atoms with Crippen molar-refractivity contribution in [1.29, 1.82) is 0 Å². The van der Waals surface area contributed by atoms with Crippen LogP contribution in [0.5, 0.6) is 0 Å². The molecule has 3 heteroatoms. The van der Waals surface area contributed by atoms with Gasteiger partial charge in [0.05, 0.1) is 6.04 Å². The van der Waals surface area contributed by atoms with Crippen LogP contribution in [-0.4, -0.2) is 6.54 Å². The van der Waals surface area contributed by atoms with Gasteiger partial charge in [0.1, 0.15) is 5.82 Å². The highest BCUT2D eigenvalue weighted by molar-refractivity contribution is 9.10. The van der Waals surface area contributed by atoms with Crippen LogP contribution in [0.4, 0.5) is 4.39 Å². The summed E-state index contributed by atoms with van der Waals surface area (Å²) in [5, 5.41) is 3.43. The van der Waals surface area contributed by atoms with E-state index >= 15 is 0 Å². The lowest BCUT2D eigenvalue weighted by molar-refractivity contribution is 0.545. The number of halogens is 2. The number of hydrogen-bond donors (Lipinski definition) is 1. The van der Waals surface area contributed by atoms with Crippen LogP contribution in [-0.2, 0) is 0 Å². The first-order valence-electron chi connectivity index (χ1n) is 6.87. The number of rotatable bonds is 5. The van der Waals surface area contributed by atoms with E-state index in [4.69, 9.17) is 0 Å². The zero-order valence-electron chi connectivity index (χ0n) is 11.8. The molecule has 0 aromatic heterocycles. The molecular weight excluding hydrogens is 317 g/mol. The highest BCUT2D eigenvalue weighted by Gasteiger charge is 2.19. The lowest BCUT2D eigenvalue weighted by Gasteiger charge is -2.21. The van der Waals surface area contributed by atoms with Gasteiger partial charge in [0, 0.05) is 10.0 Å². The van der Waals surface area contributed by atoms with Crippen molar-refractivity contribution in [3.63, 3.8) is 0 Å². The van der Waals surface area contributed by atoms with E-state index in [2.05, 4.69) is 46.4 Å². The van der Waals surface area contributed by atoms with Crippen molar-refractivity contribution >= 4 is 15.9 Å². The Hall–Kier alpha value is -1.19. The van der Waals surface area contributed by atoms with E-state index in [1.54, 1.807) is 6.07 Å². The lowest BCUT2D eigenvalue weighted by atomic mass is 9.97. The highest BCUT2D eigenvalue weighted by Crippen LogP contribution is 2.30. The first kappa shape index (κ1) is 15.2. The van der Waals surface area contributed by atoms with Crippen molar-refractivity contribution in [3.8, 4) is 0 Å². The van der Waals surface area contributed by atoms with E-state index in [0.717, 1.165) is 23.0 Å². The molecule has 1 nitrogen and oxygen atoms in total. The topological polar surface area (TPSA) is 12.0 Å². The average Bonchev–Trinajstić information content (AvgIpc) is 2.42. The molecule has 1 N–H and O–H groups in total. The van der Waals surface area contributed by atoms with Crippen LogP contribution in [0, 0.1) is 12.7 Å². The van der Waals surface area contributed by atoms with Crippen LogP contribution < -0.4 is 5.32 Å². The summed E-state index contributed by atoms with van der Waals surface area (Å²) in [6.07, 6.45) is 1.01. The van der Waals surface area contributed by atoms with Crippen LogP contribution in [0.2, 0.25) is 0 Å². The molecule has 1 unspecified atom stereocenters. The predicted molar refractivity (Wildman–Crippen MR) is 85.4 cm³/mol. The Morgan fingerprint density at radius 2 is 1.90 bits per heavy atom. The zero-order valence-corrected chi connectivity index (χ0v) is 13.4. The molecule has 2 aromatic rings. The summed E-state index contributed by atoms with van der Waals surface area (Å²) in [6.45, 7) is 5.00. The third-order valence-electron chi connectivity index (χ3n) is 3.28. The summed E-state index contributed by atoms with van der Waals surface area (Å²) in [4.78, 5) is 0. The minimum Gasteiger partial charge on any atom is -0.306 e. The van der Waals surface area contributed by atoms with Crippen molar-refractivity contribution in [3.05, 3.63) is 69.4 Å². The third-order valence-corrected chi connectivity index (χ3v) is 3.97. The molecule has 2 rings (SSSR count). The number of benzene rings is 2. The van der Waals surface area contributed by atoms with E-state index < -0.39 is 0 Å². The molecule has 0 heterocycles. The minimum atomic E-state index is -0.173. The van der Waals surface area contributed by atoms with Crippen molar-refractivity contribution in [2.75, 3.05) is 6.54 Å².